The molecule has 0 aliphatic carbocycles. The number of nitrogens with zero attached hydrogens (tertiary/aromatic N) is 3. The number of hydrogen-bond donors (Lipinski definition) is 0. The first kappa shape index (κ1) is 28.3. The Labute approximate surface area is 289 Å². The average Bonchev–Trinajstić information content (AvgIpc) is 3.19. The molecule has 9 aromatic carbocycles. The van der Waals surface area contributed by atoms with E-state index in [1.807, 2.05) is 0 Å². The zero-order chi connectivity index (χ0) is 33.0. The van der Waals surface area contributed by atoms with Crippen molar-refractivity contribution < 1.29 is 0 Å². The van der Waals surface area contributed by atoms with Gasteiger partial charge in [0.05, 0.1) is 0 Å². The summed E-state index contributed by atoms with van der Waals surface area (Å²) in [6.45, 7) is 0. The molecule has 0 saturated carbocycles. The zero-order valence-corrected chi connectivity index (χ0v) is 27.1. The van der Waals surface area contributed by atoms with Gasteiger partial charge in [0.1, 0.15) is 0 Å². The number of benzene rings is 9. The van der Waals surface area contributed by atoms with Crippen molar-refractivity contribution in [3.8, 4) is 45.3 Å². The highest BCUT2D eigenvalue weighted by atomic mass is 15.0. The fraction of sp³-hybridized carbons (Fsp3) is 0. The summed E-state index contributed by atoms with van der Waals surface area (Å²) in [4.78, 5) is 15.5. The molecule has 1 heterocycles. The molecule has 10 aromatic rings. The quantitative estimate of drug-likeness (QED) is 0.143. The van der Waals surface area contributed by atoms with E-state index in [0.717, 1.165) is 32.8 Å². The van der Waals surface area contributed by atoms with Crippen LogP contribution < -0.4 is 0 Å². The van der Waals surface area contributed by atoms with Crippen molar-refractivity contribution in [3.63, 3.8) is 0 Å². The molecule has 0 bridgehead atoms. The maximum Gasteiger partial charge on any atom is 0.164 e. The first-order valence-corrected chi connectivity index (χ1v) is 16.9. The molecule has 0 unspecified atom stereocenters. The second-order valence-electron chi connectivity index (χ2n) is 12.8. The van der Waals surface area contributed by atoms with Crippen LogP contribution in [-0.4, -0.2) is 15.0 Å². The third-order valence-electron chi connectivity index (χ3n) is 9.86. The van der Waals surface area contributed by atoms with Gasteiger partial charge in [-0.2, -0.15) is 0 Å². The maximum atomic E-state index is 5.19. The smallest absolute Gasteiger partial charge is 0.164 e. The molecule has 1 aromatic heterocycles. The van der Waals surface area contributed by atoms with E-state index in [4.69, 9.17) is 15.0 Å². The number of aromatic nitrogens is 3. The van der Waals surface area contributed by atoms with Crippen LogP contribution >= 0.6 is 0 Å². The standard InChI is InChI=1S/C47H29N3/c1-2-13-32(14-3-1)44-38-18-9-8-17-35(38)29-43-39-19-10-20-42(40(39)25-26-41(43)44)47-49-45(36-23-21-30-11-4-6-15-33(30)27-36)48-46(50-47)37-24-22-31-12-5-7-16-34(31)28-37/h1-29H. The average molecular weight is 636 g/mol. The van der Waals surface area contributed by atoms with Gasteiger partial charge in [-0.1, -0.05) is 158 Å². The molecular formula is C47H29N3. The van der Waals surface area contributed by atoms with Crippen LogP contribution in [-0.2, 0) is 0 Å². The first-order chi connectivity index (χ1) is 24.8. The van der Waals surface area contributed by atoms with Crippen LogP contribution in [0.4, 0.5) is 0 Å². The Morgan fingerprint density at radius 1 is 0.260 bits per heavy atom. The van der Waals surface area contributed by atoms with Crippen LogP contribution in [0, 0.1) is 0 Å². The lowest BCUT2D eigenvalue weighted by Crippen LogP contribution is -2.01. The molecule has 0 aliphatic heterocycles. The van der Waals surface area contributed by atoms with Crippen LogP contribution in [0.15, 0.2) is 176 Å². The van der Waals surface area contributed by atoms with E-state index >= 15 is 0 Å². The van der Waals surface area contributed by atoms with Crippen molar-refractivity contribution in [1.82, 2.24) is 15.0 Å². The Morgan fingerprint density at radius 3 is 1.48 bits per heavy atom. The lowest BCUT2D eigenvalue weighted by atomic mass is 9.89. The Morgan fingerprint density at radius 2 is 0.800 bits per heavy atom. The van der Waals surface area contributed by atoms with Crippen molar-refractivity contribution in [2.75, 3.05) is 0 Å². The SMILES string of the molecule is c1ccc(-c2c3ccccc3cc3c2ccc2c(-c4nc(-c5ccc6ccccc6c5)nc(-c5ccc6ccccc6c5)n4)cccc23)cc1. The van der Waals surface area contributed by atoms with Gasteiger partial charge in [0.2, 0.25) is 0 Å². The van der Waals surface area contributed by atoms with Crippen molar-refractivity contribution in [2.45, 2.75) is 0 Å². The van der Waals surface area contributed by atoms with E-state index < -0.39 is 0 Å². The van der Waals surface area contributed by atoms with Crippen molar-refractivity contribution in [1.29, 1.82) is 0 Å². The Bertz CT molecular complexity index is 2830. The first-order valence-electron chi connectivity index (χ1n) is 16.9. The molecule has 10 rings (SSSR count). The molecule has 0 saturated heterocycles. The highest BCUT2D eigenvalue weighted by Crippen LogP contribution is 2.41. The predicted molar refractivity (Wildman–Crippen MR) is 209 cm³/mol. The summed E-state index contributed by atoms with van der Waals surface area (Å²) in [7, 11) is 0. The van der Waals surface area contributed by atoms with Crippen LogP contribution in [0.1, 0.15) is 0 Å². The van der Waals surface area contributed by atoms with Crippen LogP contribution in [0.25, 0.3) is 99.2 Å². The lowest BCUT2D eigenvalue weighted by Gasteiger charge is -2.15. The highest BCUT2D eigenvalue weighted by Gasteiger charge is 2.17. The summed E-state index contributed by atoms with van der Waals surface area (Å²) in [5, 5.41) is 11.8. The molecule has 50 heavy (non-hydrogen) atoms. The van der Waals surface area contributed by atoms with E-state index in [0.29, 0.717) is 17.5 Å². The van der Waals surface area contributed by atoms with Gasteiger partial charge in [0, 0.05) is 16.7 Å². The van der Waals surface area contributed by atoms with Gasteiger partial charge in [-0.15, -0.1) is 0 Å². The summed E-state index contributed by atoms with van der Waals surface area (Å²) in [6, 6.07) is 62.4. The Kier molecular flexibility index (Phi) is 6.49. The Balaban J connectivity index is 1.23. The fourth-order valence-electron chi connectivity index (χ4n) is 7.43. The third kappa shape index (κ3) is 4.71. The molecule has 0 spiro atoms. The van der Waals surface area contributed by atoms with Gasteiger partial charge in [-0.3, -0.25) is 0 Å². The second-order valence-corrected chi connectivity index (χ2v) is 12.8. The summed E-state index contributed by atoms with van der Waals surface area (Å²) < 4.78 is 0. The van der Waals surface area contributed by atoms with Gasteiger partial charge in [-0.05, 0) is 83.2 Å². The molecule has 3 heteroatoms. The van der Waals surface area contributed by atoms with Crippen molar-refractivity contribution in [3.05, 3.63) is 176 Å². The van der Waals surface area contributed by atoms with Gasteiger partial charge in [-0.25, -0.2) is 15.0 Å². The zero-order valence-electron chi connectivity index (χ0n) is 27.1. The molecular weight excluding hydrogens is 607 g/mol. The summed E-state index contributed by atoms with van der Waals surface area (Å²) in [6.07, 6.45) is 0. The van der Waals surface area contributed by atoms with Gasteiger partial charge in [0.15, 0.2) is 17.5 Å². The van der Waals surface area contributed by atoms with E-state index in [1.54, 1.807) is 0 Å². The van der Waals surface area contributed by atoms with Gasteiger partial charge in [0.25, 0.3) is 0 Å². The predicted octanol–water partition coefficient (Wildman–Crippen LogP) is 12.3. The molecule has 0 amide bonds. The fourth-order valence-corrected chi connectivity index (χ4v) is 7.43. The Hall–Kier alpha value is -6.71. The molecule has 232 valence electrons. The van der Waals surface area contributed by atoms with Crippen LogP contribution in [0.2, 0.25) is 0 Å². The second kappa shape index (κ2) is 11.5. The maximum absolute atomic E-state index is 5.19. The minimum absolute atomic E-state index is 0.652. The summed E-state index contributed by atoms with van der Waals surface area (Å²) in [5.41, 5.74) is 5.36. The normalized spacial score (nSPS) is 11.6. The molecule has 3 nitrogen and oxygen atoms in total. The highest BCUT2D eigenvalue weighted by molar-refractivity contribution is 6.21. The third-order valence-corrected chi connectivity index (χ3v) is 9.86. The van der Waals surface area contributed by atoms with E-state index in [-0.39, 0.29) is 0 Å². The number of hydrogen-bond acceptors (Lipinski definition) is 3. The largest absolute Gasteiger partial charge is 0.208 e. The van der Waals surface area contributed by atoms with E-state index in [9.17, 15) is 0 Å². The van der Waals surface area contributed by atoms with E-state index in [1.165, 1.54) is 48.8 Å². The monoisotopic (exact) mass is 635 g/mol. The molecule has 0 aliphatic rings. The molecule has 0 radical (unpaired) electrons. The lowest BCUT2D eigenvalue weighted by molar-refractivity contribution is 1.08. The minimum atomic E-state index is 0.652. The molecule has 0 atom stereocenters. The minimum Gasteiger partial charge on any atom is -0.208 e. The molecule has 0 N–H and O–H groups in total. The molecule has 0 fully saturated rings. The summed E-state index contributed by atoms with van der Waals surface area (Å²) >= 11 is 0. The van der Waals surface area contributed by atoms with Crippen molar-refractivity contribution in [2.24, 2.45) is 0 Å². The van der Waals surface area contributed by atoms with Crippen LogP contribution in [0.5, 0.6) is 0 Å². The van der Waals surface area contributed by atoms with Gasteiger partial charge >= 0.3 is 0 Å². The number of rotatable bonds is 4. The number of fused-ring (bicyclic) bond motifs is 6. The summed E-state index contributed by atoms with van der Waals surface area (Å²) in [5.74, 6) is 1.96. The topological polar surface area (TPSA) is 38.7 Å². The van der Waals surface area contributed by atoms with Crippen LogP contribution in [0.3, 0.4) is 0 Å². The van der Waals surface area contributed by atoms with E-state index in [2.05, 4.69) is 176 Å². The van der Waals surface area contributed by atoms with Crippen molar-refractivity contribution >= 4 is 53.9 Å². The van der Waals surface area contributed by atoms with Gasteiger partial charge < -0.3 is 0 Å².